The lowest BCUT2D eigenvalue weighted by Crippen LogP contribution is -2.24. The Morgan fingerprint density at radius 2 is 1.66 bits per heavy atom. The van der Waals surface area contributed by atoms with Crippen molar-refractivity contribution in [1.82, 2.24) is 5.32 Å². The second kappa shape index (κ2) is 10.9. The van der Waals surface area contributed by atoms with Crippen LogP contribution in [-0.2, 0) is 31.7 Å². The van der Waals surface area contributed by atoms with Crippen molar-refractivity contribution in [2.75, 3.05) is 0 Å². The normalized spacial score (nSPS) is 16.1. The molecule has 35 heavy (non-hydrogen) atoms. The van der Waals surface area contributed by atoms with Crippen LogP contribution in [0.3, 0.4) is 0 Å². The molecule has 0 aromatic heterocycles. The van der Waals surface area contributed by atoms with Crippen molar-refractivity contribution < 1.29 is 36.2 Å². The van der Waals surface area contributed by atoms with Crippen molar-refractivity contribution in [2.24, 2.45) is 5.92 Å². The maximum Gasteiger partial charge on any atom is 0.416 e. The summed E-state index contributed by atoms with van der Waals surface area (Å²) >= 11 is 0. The summed E-state index contributed by atoms with van der Waals surface area (Å²) in [6, 6.07) is 4.41. The fourth-order valence-corrected chi connectivity index (χ4v) is 4.60. The molecule has 0 aliphatic heterocycles. The topological polar surface area (TPSA) is 49.3 Å². The molecule has 0 saturated carbocycles. The van der Waals surface area contributed by atoms with Gasteiger partial charge < -0.3 is 10.4 Å². The van der Waals surface area contributed by atoms with E-state index in [1.54, 1.807) is 6.07 Å². The van der Waals surface area contributed by atoms with Crippen LogP contribution in [0.2, 0.25) is 0 Å². The van der Waals surface area contributed by atoms with Crippen LogP contribution in [0.15, 0.2) is 30.3 Å². The van der Waals surface area contributed by atoms with Gasteiger partial charge in [0.25, 0.3) is 5.91 Å². The van der Waals surface area contributed by atoms with E-state index in [1.165, 1.54) is 25.3 Å². The largest absolute Gasteiger partial charge is 0.507 e. The molecule has 1 atom stereocenters. The van der Waals surface area contributed by atoms with Crippen molar-refractivity contribution in [3.8, 4) is 5.75 Å². The maximum absolute atomic E-state index is 13.1. The number of fused-ring (bicyclic) bond motifs is 1. The van der Waals surface area contributed by atoms with Crippen molar-refractivity contribution in [3.05, 3.63) is 63.7 Å². The molecular weight excluding hydrogens is 472 g/mol. The van der Waals surface area contributed by atoms with Gasteiger partial charge in [0.1, 0.15) is 5.75 Å². The molecule has 192 valence electrons. The fourth-order valence-electron chi connectivity index (χ4n) is 4.60. The lowest BCUT2D eigenvalue weighted by molar-refractivity contribution is -0.143. The van der Waals surface area contributed by atoms with Crippen LogP contribution < -0.4 is 5.32 Å². The second-order valence-corrected chi connectivity index (χ2v) is 9.15. The minimum atomic E-state index is -4.97. The number of unbranched alkanes of at least 4 members (excludes halogenated alkanes) is 3. The van der Waals surface area contributed by atoms with Gasteiger partial charge in [0.05, 0.1) is 16.7 Å². The van der Waals surface area contributed by atoms with Crippen LogP contribution in [0.1, 0.15) is 83.6 Å². The van der Waals surface area contributed by atoms with E-state index in [0.29, 0.717) is 30.0 Å². The number of amides is 1. The van der Waals surface area contributed by atoms with E-state index in [9.17, 15) is 36.2 Å². The lowest BCUT2D eigenvalue weighted by Gasteiger charge is -2.26. The van der Waals surface area contributed by atoms with Crippen LogP contribution >= 0.6 is 0 Å². The summed E-state index contributed by atoms with van der Waals surface area (Å²) in [7, 11) is 0. The number of halogens is 6. The molecule has 1 amide bonds. The molecule has 3 rings (SSSR count). The number of hydrogen-bond donors (Lipinski definition) is 2. The van der Waals surface area contributed by atoms with E-state index < -0.39 is 35.9 Å². The number of aromatic hydroxyl groups is 1. The number of benzene rings is 2. The van der Waals surface area contributed by atoms with E-state index in [0.717, 1.165) is 31.2 Å². The molecule has 0 spiro atoms. The molecule has 0 fully saturated rings. The number of nitrogens with one attached hydrogen (secondary N) is 1. The van der Waals surface area contributed by atoms with E-state index >= 15 is 0 Å². The summed E-state index contributed by atoms with van der Waals surface area (Å²) in [5.74, 6) is -0.426. The van der Waals surface area contributed by atoms with E-state index in [-0.39, 0.29) is 22.9 Å². The van der Waals surface area contributed by atoms with Crippen molar-refractivity contribution in [3.63, 3.8) is 0 Å². The fraction of sp³-hybridized carbons (Fsp3) is 0.500. The molecule has 3 nitrogen and oxygen atoms in total. The van der Waals surface area contributed by atoms with Crippen LogP contribution in [0.4, 0.5) is 26.3 Å². The Morgan fingerprint density at radius 3 is 2.26 bits per heavy atom. The monoisotopic (exact) mass is 501 g/mol. The Morgan fingerprint density at radius 1 is 1.00 bits per heavy atom. The predicted molar refractivity (Wildman–Crippen MR) is 120 cm³/mol. The highest BCUT2D eigenvalue weighted by Gasteiger charge is 2.37. The minimum Gasteiger partial charge on any atom is -0.507 e. The maximum atomic E-state index is 13.1. The van der Waals surface area contributed by atoms with E-state index in [4.69, 9.17) is 0 Å². The van der Waals surface area contributed by atoms with Crippen LogP contribution in [0.25, 0.3) is 0 Å². The molecule has 0 radical (unpaired) electrons. The number of carbonyl (C=O) groups is 1. The Balaban J connectivity index is 1.71. The number of phenols is 1. The van der Waals surface area contributed by atoms with Gasteiger partial charge in [-0.25, -0.2) is 0 Å². The third-order valence-electron chi connectivity index (χ3n) is 6.50. The molecule has 2 aromatic rings. The first kappa shape index (κ1) is 26.9. The van der Waals surface area contributed by atoms with Gasteiger partial charge in [0, 0.05) is 6.54 Å². The number of rotatable bonds is 8. The summed E-state index contributed by atoms with van der Waals surface area (Å²) in [6.45, 7) is 1.61. The smallest absolute Gasteiger partial charge is 0.416 e. The average molecular weight is 502 g/mol. The molecule has 1 aliphatic rings. The lowest BCUT2D eigenvalue weighted by atomic mass is 9.80. The highest BCUT2D eigenvalue weighted by Crippen LogP contribution is 2.37. The Kier molecular flexibility index (Phi) is 8.38. The van der Waals surface area contributed by atoms with Crippen molar-refractivity contribution >= 4 is 5.91 Å². The molecule has 9 heteroatoms. The minimum absolute atomic E-state index is 0.0394. The molecule has 2 N–H and O–H groups in total. The molecular formula is C26H29F6NO2. The highest BCUT2D eigenvalue weighted by atomic mass is 19.4. The Labute approximate surface area is 200 Å². The second-order valence-electron chi connectivity index (χ2n) is 9.15. The molecule has 2 aromatic carbocycles. The van der Waals surface area contributed by atoms with Crippen molar-refractivity contribution in [1.29, 1.82) is 0 Å². The Hall–Kier alpha value is -2.71. The number of alkyl halides is 6. The van der Waals surface area contributed by atoms with Crippen LogP contribution in [0, 0.1) is 5.92 Å². The summed E-state index contributed by atoms with van der Waals surface area (Å²) in [5, 5.41) is 13.0. The molecule has 0 saturated heterocycles. The Bertz CT molecular complexity index is 1010. The van der Waals surface area contributed by atoms with E-state index in [1.807, 2.05) is 0 Å². The van der Waals surface area contributed by atoms with Gasteiger partial charge in [0.2, 0.25) is 0 Å². The number of carbonyl (C=O) groups excluding carboxylic acids is 1. The first-order chi connectivity index (χ1) is 16.4. The standard InChI is InChI=1S/C26H29F6NO2/c1-2-3-4-5-6-16-7-9-21-18(11-16)8-10-22(23(21)34)24(35)33-15-17-12-19(25(27,28)29)14-20(13-17)26(30,31)32/h8,10,12-14,16,34H,2-7,9,11,15H2,1H3,(H,33,35). The number of hydrogen-bond acceptors (Lipinski definition) is 2. The quantitative estimate of drug-likeness (QED) is 0.292. The first-order valence-corrected chi connectivity index (χ1v) is 11.8. The van der Waals surface area contributed by atoms with Crippen LogP contribution in [-0.4, -0.2) is 11.0 Å². The zero-order chi connectivity index (χ0) is 25.8. The third kappa shape index (κ3) is 6.92. The summed E-state index contributed by atoms with van der Waals surface area (Å²) in [5.41, 5.74) is -1.63. The average Bonchev–Trinajstić information content (AvgIpc) is 2.79. The van der Waals surface area contributed by atoms with Gasteiger partial charge >= 0.3 is 12.4 Å². The first-order valence-electron chi connectivity index (χ1n) is 11.8. The van der Waals surface area contributed by atoms with Gasteiger partial charge in [-0.1, -0.05) is 45.1 Å². The SMILES string of the molecule is CCCCCCC1CCc2c(ccc(C(=O)NCc3cc(C(F)(F)F)cc(C(F)(F)F)c3)c2O)C1. The van der Waals surface area contributed by atoms with Gasteiger partial charge in [-0.2, -0.15) is 26.3 Å². The van der Waals surface area contributed by atoms with Gasteiger partial charge in [-0.15, -0.1) is 0 Å². The van der Waals surface area contributed by atoms with Crippen LogP contribution in [0.5, 0.6) is 5.75 Å². The van der Waals surface area contributed by atoms with E-state index in [2.05, 4.69) is 12.2 Å². The molecule has 1 aliphatic carbocycles. The number of phenolic OH excluding ortho intramolecular Hbond substituents is 1. The third-order valence-corrected chi connectivity index (χ3v) is 6.50. The molecule has 0 bridgehead atoms. The summed E-state index contributed by atoms with van der Waals surface area (Å²) in [6.07, 6.45) is -1.78. The summed E-state index contributed by atoms with van der Waals surface area (Å²) < 4.78 is 78.3. The molecule has 0 heterocycles. The van der Waals surface area contributed by atoms with Crippen molar-refractivity contribution in [2.45, 2.75) is 77.2 Å². The highest BCUT2D eigenvalue weighted by molar-refractivity contribution is 5.97. The molecule has 1 unspecified atom stereocenters. The predicted octanol–water partition coefficient (Wildman–Crippen LogP) is 7.44. The van der Waals surface area contributed by atoms with Gasteiger partial charge in [-0.05, 0) is 66.1 Å². The summed E-state index contributed by atoms with van der Waals surface area (Å²) in [4.78, 5) is 12.6. The zero-order valence-electron chi connectivity index (χ0n) is 19.5. The van der Waals surface area contributed by atoms with Gasteiger partial charge in [0.15, 0.2) is 0 Å². The zero-order valence-corrected chi connectivity index (χ0v) is 19.5. The van der Waals surface area contributed by atoms with Gasteiger partial charge in [-0.3, -0.25) is 4.79 Å².